The number of urea groups is 1. The number of amides is 3. The van der Waals surface area contributed by atoms with E-state index in [1.165, 1.54) is 0 Å². The number of rotatable bonds is 6. The van der Waals surface area contributed by atoms with Crippen LogP contribution in [0, 0.1) is 6.92 Å². The van der Waals surface area contributed by atoms with Crippen molar-refractivity contribution in [3.63, 3.8) is 0 Å². The number of thiazole rings is 1. The first-order valence-corrected chi connectivity index (χ1v) is 9.31. The number of hydrogen-bond acceptors (Lipinski definition) is 4. The Balaban J connectivity index is 1.42. The van der Waals surface area contributed by atoms with E-state index < -0.39 is 0 Å². The van der Waals surface area contributed by atoms with E-state index in [-0.39, 0.29) is 11.9 Å². The average molecular weight is 358 g/mol. The maximum atomic E-state index is 11.9. The summed E-state index contributed by atoms with van der Waals surface area (Å²) in [5, 5.41) is 8.69. The number of aryl methyl sites for hydroxylation is 1. The van der Waals surface area contributed by atoms with E-state index >= 15 is 0 Å². The molecule has 7 heteroatoms. The van der Waals surface area contributed by atoms with Gasteiger partial charge in [0.1, 0.15) is 0 Å². The van der Waals surface area contributed by atoms with Gasteiger partial charge in [0.15, 0.2) is 0 Å². The van der Waals surface area contributed by atoms with Crippen LogP contribution in [0.5, 0.6) is 0 Å². The predicted octanol–water partition coefficient (Wildman–Crippen LogP) is 2.94. The molecule has 2 aromatic rings. The van der Waals surface area contributed by atoms with Crippen molar-refractivity contribution >= 4 is 29.0 Å². The monoisotopic (exact) mass is 358 g/mol. The summed E-state index contributed by atoms with van der Waals surface area (Å²) in [7, 11) is 0. The van der Waals surface area contributed by atoms with E-state index in [0.29, 0.717) is 19.5 Å². The first kappa shape index (κ1) is 17.4. The van der Waals surface area contributed by atoms with Gasteiger partial charge in [-0.2, -0.15) is 0 Å². The molecule has 1 aromatic heterocycles. The summed E-state index contributed by atoms with van der Waals surface area (Å²) in [6, 6.07) is 7.38. The number of benzene rings is 1. The van der Waals surface area contributed by atoms with Crippen LogP contribution in [0.15, 0.2) is 29.6 Å². The molecule has 0 aliphatic carbocycles. The van der Waals surface area contributed by atoms with Crippen molar-refractivity contribution in [2.24, 2.45) is 0 Å². The third kappa shape index (κ3) is 5.03. The largest absolute Gasteiger partial charge is 0.338 e. The van der Waals surface area contributed by atoms with Gasteiger partial charge >= 0.3 is 6.03 Å². The summed E-state index contributed by atoms with van der Waals surface area (Å²) in [6.45, 7) is 3.99. The molecule has 6 nitrogen and oxygen atoms in total. The first-order chi connectivity index (χ1) is 12.1. The Hall–Kier alpha value is -2.41. The van der Waals surface area contributed by atoms with Gasteiger partial charge in [0, 0.05) is 43.5 Å². The Morgan fingerprint density at radius 2 is 2.12 bits per heavy atom. The molecule has 1 fully saturated rings. The smallest absolute Gasteiger partial charge is 0.319 e. The van der Waals surface area contributed by atoms with Crippen molar-refractivity contribution in [3.05, 3.63) is 45.9 Å². The van der Waals surface area contributed by atoms with Crippen LogP contribution in [0.1, 0.15) is 29.1 Å². The second-order valence-electron chi connectivity index (χ2n) is 6.10. The summed E-state index contributed by atoms with van der Waals surface area (Å²) >= 11 is 1.61. The molecule has 0 bridgehead atoms. The molecule has 132 valence electrons. The number of hydrogen-bond donors (Lipinski definition) is 2. The van der Waals surface area contributed by atoms with Crippen LogP contribution >= 0.6 is 11.3 Å². The summed E-state index contributed by atoms with van der Waals surface area (Å²) in [6.07, 6.45) is 2.32. The maximum Gasteiger partial charge on any atom is 0.319 e. The third-order valence-electron chi connectivity index (χ3n) is 4.09. The highest BCUT2D eigenvalue weighted by atomic mass is 32.1. The summed E-state index contributed by atoms with van der Waals surface area (Å²) in [5.41, 5.74) is 2.81. The summed E-state index contributed by atoms with van der Waals surface area (Å²) in [5.74, 6) is 0.219. The Kier molecular flexibility index (Phi) is 5.65. The zero-order chi connectivity index (χ0) is 17.6. The minimum Gasteiger partial charge on any atom is -0.338 e. The molecular formula is C18H22N4O2S. The first-order valence-electron chi connectivity index (χ1n) is 8.43. The molecule has 0 atom stereocenters. The lowest BCUT2D eigenvalue weighted by atomic mass is 10.2. The third-order valence-corrected chi connectivity index (χ3v) is 4.91. The highest BCUT2D eigenvalue weighted by molar-refractivity contribution is 7.09. The van der Waals surface area contributed by atoms with Crippen LogP contribution in [0.4, 0.5) is 10.5 Å². The second-order valence-corrected chi connectivity index (χ2v) is 7.17. The number of nitrogens with one attached hydrogen (secondary N) is 2. The number of carbonyl (C=O) groups excluding carboxylic acids is 2. The van der Waals surface area contributed by atoms with Crippen molar-refractivity contribution in [1.29, 1.82) is 0 Å². The Bertz CT molecular complexity index is 742. The molecule has 3 amide bonds. The number of carbonyl (C=O) groups is 2. The van der Waals surface area contributed by atoms with E-state index in [1.54, 1.807) is 11.3 Å². The van der Waals surface area contributed by atoms with Crippen LogP contribution in [0.3, 0.4) is 0 Å². The van der Waals surface area contributed by atoms with Gasteiger partial charge < -0.3 is 15.5 Å². The minimum atomic E-state index is -0.227. The van der Waals surface area contributed by atoms with E-state index in [2.05, 4.69) is 15.6 Å². The molecule has 3 rings (SSSR count). The number of likely N-dealkylation sites (tertiary alicyclic amines) is 1. The molecule has 1 aliphatic heterocycles. The van der Waals surface area contributed by atoms with Gasteiger partial charge in [0.25, 0.3) is 0 Å². The molecule has 2 heterocycles. The number of anilines is 1. The lowest BCUT2D eigenvalue weighted by molar-refractivity contribution is -0.128. The average Bonchev–Trinajstić information content (AvgIpc) is 3.18. The Morgan fingerprint density at radius 3 is 2.76 bits per heavy atom. The quantitative estimate of drug-likeness (QED) is 0.834. The van der Waals surface area contributed by atoms with E-state index in [4.69, 9.17) is 0 Å². The van der Waals surface area contributed by atoms with Crippen molar-refractivity contribution < 1.29 is 9.59 Å². The normalized spacial score (nSPS) is 14.0. The van der Waals surface area contributed by atoms with E-state index in [9.17, 15) is 9.59 Å². The predicted molar refractivity (Wildman–Crippen MR) is 98.7 cm³/mol. The molecule has 1 saturated heterocycles. The van der Waals surface area contributed by atoms with Crippen LogP contribution < -0.4 is 10.6 Å². The van der Waals surface area contributed by atoms with E-state index in [1.807, 2.05) is 41.5 Å². The van der Waals surface area contributed by atoms with Crippen LogP contribution in [0.2, 0.25) is 0 Å². The molecule has 0 spiro atoms. The molecule has 1 aromatic carbocycles. The van der Waals surface area contributed by atoms with E-state index in [0.717, 1.165) is 41.3 Å². The van der Waals surface area contributed by atoms with Crippen molar-refractivity contribution in [2.75, 3.05) is 18.4 Å². The molecule has 0 radical (unpaired) electrons. The van der Waals surface area contributed by atoms with Crippen molar-refractivity contribution in [1.82, 2.24) is 15.2 Å². The lowest BCUT2D eigenvalue weighted by Gasteiger charge is -2.15. The number of aromatic nitrogens is 1. The molecule has 0 unspecified atom stereocenters. The van der Waals surface area contributed by atoms with Crippen LogP contribution in [-0.4, -0.2) is 34.9 Å². The molecule has 1 aliphatic rings. The van der Waals surface area contributed by atoms with Crippen LogP contribution in [0.25, 0.3) is 0 Å². The van der Waals surface area contributed by atoms with Crippen molar-refractivity contribution in [3.8, 4) is 0 Å². The van der Waals surface area contributed by atoms with Gasteiger partial charge in [-0.25, -0.2) is 9.78 Å². The Morgan fingerprint density at radius 1 is 1.32 bits per heavy atom. The molecular weight excluding hydrogens is 336 g/mol. The second kappa shape index (κ2) is 8.11. The van der Waals surface area contributed by atoms with Gasteiger partial charge in [-0.05, 0) is 31.0 Å². The minimum absolute atomic E-state index is 0.219. The van der Waals surface area contributed by atoms with Gasteiger partial charge in [0.2, 0.25) is 5.91 Å². The fourth-order valence-corrected chi connectivity index (χ4v) is 3.43. The summed E-state index contributed by atoms with van der Waals surface area (Å²) in [4.78, 5) is 29.8. The topological polar surface area (TPSA) is 74.3 Å². The highest BCUT2D eigenvalue weighted by Gasteiger charge is 2.19. The molecule has 0 saturated carbocycles. The fraction of sp³-hybridized carbons (Fsp3) is 0.389. The zero-order valence-corrected chi connectivity index (χ0v) is 15.1. The highest BCUT2D eigenvalue weighted by Crippen LogP contribution is 2.16. The zero-order valence-electron chi connectivity index (χ0n) is 14.2. The molecule has 2 N–H and O–H groups in total. The van der Waals surface area contributed by atoms with Crippen molar-refractivity contribution in [2.45, 2.75) is 32.7 Å². The van der Waals surface area contributed by atoms with Gasteiger partial charge in [-0.1, -0.05) is 12.1 Å². The van der Waals surface area contributed by atoms with Gasteiger partial charge in [-0.3, -0.25) is 4.79 Å². The maximum absolute atomic E-state index is 11.9. The lowest BCUT2D eigenvalue weighted by Crippen LogP contribution is -2.30. The number of nitrogens with zero attached hydrogens (tertiary/aromatic N) is 2. The standard InChI is InChI=1S/C18H22N4O2S/c1-13-20-16(12-25-13)8-9-19-18(24)21-15-6-4-14(5-7-15)11-22-10-2-3-17(22)23/h4-7,12H,2-3,8-11H2,1H3,(H2,19,21,24). The fourth-order valence-electron chi connectivity index (χ4n) is 2.79. The van der Waals surface area contributed by atoms with Crippen LogP contribution in [-0.2, 0) is 17.8 Å². The Labute approximate surface area is 151 Å². The molecule has 25 heavy (non-hydrogen) atoms. The van der Waals surface area contributed by atoms with Gasteiger partial charge in [0.05, 0.1) is 10.7 Å². The SMILES string of the molecule is Cc1nc(CCNC(=O)Nc2ccc(CN3CCCC3=O)cc2)cs1. The summed E-state index contributed by atoms with van der Waals surface area (Å²) < 4.78 is 0. The van der Waals surface area contributed by atoms with Gasteiger partial charge in [-0.15, -0.1) is 11.3 Å².